The largest absolute Gasteiger partial charge is 0.355 e. The molecule has 0 aromatic carbocycles. The summed E-state index contributed by atoms with van der Waals surface area (Å²) < 4.78 is 3.83. The van der Waals surface area contributed by atoms with E-state index in [-0.39, 0.29) is 0 Å². The molecule has 4 rings (SSSR count). The van der Waals surface area contributed by atoms with Crippen molar-refractivity contribution < 1.29 is 0 Å². The molecule has 4 heterocycles. The monoisotopic (exact) mass is 297 g/mol. The highest BCUT2D eigenvalue weighted by atomic mass is 15.3. The van der Waals surface area contributed by atoms with Crippen LogP contribution in [-0.2, 0) is 13.6 Å². The van der Waals surface area contributed by atoms with E-state index in [1.807, 2.05) is 31.0 Å². The van der Waals surface area contributed by atoms with E-state index in [1.165, 1.54) is 5.56 Å². The first kappa shape index (κ1) is 13.2. The van der Waals surface area contributed by atoms with Crippen molar-refractivity contribution in [2.45, 2.75) is 20.4 Å². The number of anilines is 1. The van der Waals surface area contributed by atoms with Crippen LogP contribution in [0.3, 0.4) is 0 Å². The second kappa shape index (κ2) is 4.79. The van der Waals surface area contributed by atoms with Crippen LogP contribution in [0.1, 0.15) is 11.4 Å². The fourth-order valence-electron chi connectivity index (χ4n) is 3.04. The smallest absolute Gasteiger partial charge is 0.163 e. The normalized spacial score (nSPS) is 15.5. The number of fused-ring (bicyclic) bond motifs is 1. The Balaban J connectivity index is 1.53. The van der Waals surface area contributed by atoms with E-state index in [1.54, 1.807) is 4.68 Å². The molecule has 0 bridgehead atoms. The number of hydrogen-bond donors (Lipinski definition) is 0. The van der Waals surface area contributed by atoms with Gasteiger partial charge in [0.05, 0.1) is 17.8 Å². The second-order valence-electron chi connectivity index (χ2n) is 6.11. The van der Waals surface area contributed by atoms with E-state index in [0.29, 0.717) is 5.92 Å². The molecule has 3 aromatic rings. The molecule has 7 heteroatoms. The van der Waals surface area contributed by atoms with Gasteiger partial charge in [-0.1, -0.05) is 0 Å². The fraction of sp³-hybridized carbons (Fsp3) is 0.467. The van der Waals surface area contributed by atoms with Gasteiger partial charge in [0.25, 0.3) is 0 Å². The zero-order valence-corrected chi connectivity index (χ0v) is 13.1. The predicted octanol–water partition coefficient (Wildman–Crippen LogP) is 1.31. The molecule has 0 radical (unpaired) electrons. The van der Waals surface area contributed by atoms with Crippen LogP contribution >= 0.6 is 0 Å². The molecule has 0 N–H and O–H groups in total. The highest BCUT2D eigenvalue weighted by Crippen LogP contribution is 2.29. The standard InChI is InChI=1S/C15H19N7/c1-10-4-17-22(6-10)9-12-7-21(8-12)15-13-5-16-20(3)14(13)18-11(2)19-15/h4-6,12H,7-9H2,1-3H3. The van der Waals surface area contributed by atoms with Crippen molar-refractivity contribution in [1.82, 2.24) is 29.5 Å². The highest BCUT2D eigenvalue weighted by Gasteiger charge is 2.30. The third kappa shape index (κ3) is 2.13. The summed E-state index contributed by atoms with van der Waals surface area (Å²) in [5.41, 5.74) is 2.10. The molecule has 0 aliphatic carbocycles. The molecule has 7 nitrogen and oxygen atoms in total. The Hall–Kier alpha value is -2.44. The van der Waals surface area contributed by atoms with Crippen LogP contribution in [-0.4, -0.2) is 42.6 Å². The molecule has 3 aromatic heterocycles. The quantitative estimate of drug-likeness (QED) is 0.729. The van der Waals surface area contributed by atoms with Gasteiger partial charge >= 0.3 is 0 Å². The van der Waals surface area contributed by atoms with Crippen molar-refractivity contribution in [2.24, 2.45) is 13.0 Å². The molecule has 1 aliphatic rings. The third-order valence-corrected chi connectivity index (χ3v) is 4.15. The van der Waals surface area contributed by atoms with Crippen LogP contribution in [0.2, 0.25) is 0 Å². The molecule has 1 aliphatic heterocycles. The third-order valence-electron chi connectivity index (χ3n) is 4.15. The lowest BCUT2D eigenvalue weighted by Gasteiger charge is -2.40. The summed E-state index contributed by atoms with van der Waals surface area (Å²) in [5, 5.41) is 9.69. The summed E-state index contributed by atoms with van der Waals surface area (Å²) in [7, 11) is 1.91. The van der Waals surface area contributed by atoms with Crippen molar-refractivity contribution >= 4 is 16.9 Å². The Labute approximate surface area is 128 Å². The molecule has 0 unspecified atom stereocenters. The van der Waals surface area contributed by atoms with Crippen molar-refractivity contribution in [3.8, 4) is 0 Å². The van der Waals surface area contributed by atoms with E-state index >= 15 is 0 Å². The van der Waals surface area contributed by atoms with Crippen LogP contribution in [0, 0.1) is 19.8 Å². The van der Waals surface area contributed by atoms with Crippen LogP contribution < -0.4 is 4.90 Å². The summed E-state index contributed by atoms with van der Waals surface area (Å²) in [6.07, 6.45) is 5.86. The van der Waals surface area contributed by atoms with Gasteiger partial charge in [-0.2, -0.15) is 10.2 Å². The summed E-state index contributed by atoms with van der Waals surface area (Å²) in [6.45, 7) is 6.96. The first-order valence-corrected chi connectivity index (χ1v) is 7.50. The maximum Gasteiger partial charge on any atom is 0.163 e. The maximum absolute atomic E-state index is 4.62. The molecule has 0 atom stereocenters. The highest BCUT2D eigenvalue weighted by molar-refractivity contribution is 5.87. The number of hydrogen-bond acceptors (Lipinski definition) is 5. The Morgan fingerprint density at radius 3 is 2.68 bits per heavy atom. The summed E-state index contributed by atoms with van der Waals surface area (Å²) in [4.78, 5) is 11.4. The van der Waals surface area contributed by atoms with Gasteiger partial charge in [-0.15, -0.1) is 0 Å². The summed E-state index contributed by atoms with van der Waals surface area (Å²) in [6, 6.07) is 0. The topological polar surface area (TPSA) is 64.7 Å². The van der Waals surface area contributed by atoms with Crippen molar-refractivity contribution in [2.75, 3.05) is 18.0 Å². The van der Waals surface area contributed by atoms with Gasteiger partial charge < -0.3 is 4.90 Å². The van der Waals surface area contributed by atoms with Crippen molar-refractivity contribution in [3.05, 3.63) is 30.0 Å². The minimum Gasteiger partial charge on any atom is -0.355 e. The molecule has 0 saturated carbocycles. The van der Waals surface area contributed by atoms with E-state index in [4.69, 9.17) is 0 Å². The summed E-state index contributed by atoms with van der Waals surface area (Å²) in [5.74, 6) is 2.40. The first-order valence-electron chi connectivity index (χ1n) is 7.50. The molecule has 114 valence electrons. The number of aryl methyl sites for hydroxylation is 3. The van der Waals surface area contributed by atoms with Gasteiger partial charge in [0.2, 0.25) is 0 Å². The predicted molar refractivity (Wildman–Crippen MR) is 83.7 cm³/mol. The molecule has 0 spiro atoms. The van der Waals surface area contributed by atoms with E-state index in [9.17, 15) is 0 Å². The number of aromatic nitrogens is 6. The Kier molecular flexibility index (Phi) is 2.88. The summed E-state index contributed by atoms with van der Waals surface area (Å²) >= 11 is 0. The lowest BCUT2D eigenvalue weighted by atomic mass is 10.00. The first-order chi connectivity index (χ1) is 10.6. The zero-order valence-electron chi connectivity index (χ0n) is 13.1. The van der Waals surface area contributed by atoms with Crippen LogP contribution in [0.4, 0.5) is 5.82 Å². The lowest BCUT2D eigenvalue weighted by Crippen LogP contribution is -2.49. The van der Waals surface area contributed by atoms with Crippen LogP contribution in [0.15, 0.2) is 18.6 Å². The van der Waals surface area contributed by atoms with Crippen molar-refractivity contribution in [1.29, 1.82) is 0 Å². The number of rotatable bonds is 3. The molecular formula is C15H19N7. The van der Waals surface area contributed by atoms with Crippen molar-refractivity contribution in [3.63, 3.8) is 0 Å². The molecular weight excluding hydrogens is 278 g/mol. The second-order valence-corrected chi connectivity index (χ2v) is 6.11. The van der Waals surface area contributed by atoms with Gasteiger partial charge in [-0.3, -0.25) is 9.36 Å². The molecule has 1 fully saturated rings. The Morgan fingerprint density at radius 2 is 1.95 bits per heavy atom. The lowest BCUT2D eigenvalue weighted by molar-refractivity contribution is 0.341. The number of nitrogens with zero attached hydrogens (tertiary/aromatic N) is 7. The Bertz CT molecular complexity index is 826. The maximum atomic E-state index is 4.62. The molecule has 1 saturated heterocycles. The molecule has 0 amide bonds. The minimum atomic E-state index is 0.612. The average molecular weight is 297 g/mol. The minimum absolute atomic E-state index is 0.612. The molecule has 22 heavy (non-hydrogen) atoms. The van der Waals surface area contributed by atoms with Gasteiger partial charge in [0, 0.05) is 38.8 Å². The zero-order chi connectivity index (χ0) is 15.3. The van der Waals surface area contributed by atoms with E-state index in [2.05, 4.69) is 38.2 Å². The van der Waals surface area contributed by atoms with Gasteiger partial charge in [-0.05, 0) is 19.4 Å². The van der Waals surface area contributed by atoms with Gasteiger partial charge in [0.15, 0.2) is 5.65 Å². The SMILES string of the molecule is Cc1cnn(CC2CN(c3nc(C)nc4c3cnn4C)C2)c1. The fourth-order valence-corrected chi connectivity index (χ4v) is 3.04. The van der Waals surface area contributed by atoms with Gasteiger partial charge in [0.1, 0.15) is 11.6 Å². The van der Waals surface area contributed by atoms with Crippen LogP contribution in [0.5, 0.6) is 0 Å². The Morgan fingerprint density at radius 1 is 1.14 bits per heavy atom. The van der Waals surface area contributed by atoms with E-state index < -0.39 is 0 Å². The van der Waals surface area contributed by atoms with Gasteiger partial charge in [-0.25, -0.2) is 9.97 Å². The van der Waals surface area contributed by atoms with Crippen LogP contribution in [0.25, 0.3) is 11.0 Å². The average Bonchev–Trinajstić information content (AvgIpc) is 3.00. The van der Waals surface area contributed by atoms with E-state index in [0.717, 1.165) is 42.3 Å².